The standard InChI is InChI=1S/C23H23FN6O/c1-15-18(17-12-16(24)6-7-19(17)27-15)13-30-10-11-31-21(14-30)20-4-2-5-22(28-20)29-23-25-8-3-9-26-23/h2-9,12,21,27H,10-11,13-14H2,1H3,(H,25,26,28,29). The molecule has 0 saturated carbocycles. The second kappa shape index (κ2) is 8.41. The Morgan fingerprint density at radius 3 is 2.94 bits per heavy atom. The van der Waals surface area contributed by atoms with Crippen molar-refractivity contribution < 1.29 is 9.13 Å². The second-order valence-corrected chi connectivity index (χ2v) is 7.66. The number of nitrogens with one attached hydrogen (secondary N) is 2. The minimum absolute atomic E-state index is 0.144. The number of hydrogen-bond donors (Lipinski definition) is 2. The number of morpholine rings is 1. The number of nitrogens with zero attached hydrogens (tertiary/aromatic N) is 4. The van der Waals surface area contributed by atoms with E-state index >= 15 is 0 Å². The number of halogens is 1. The fourth-order valence-electron chi connectivity index (χ4n) is 3.99. The van der Waals surface area contributed by atoms with Crippen molar-refractivity contribution in [1.82, 2.24) is 24.8 Å². The molecule has 0 radical (unpaired) electrons. The van der Waals surface area contributed by atoms with Crippen LogP contribution in [0.3, 0.4) is 0 Å². The van der Waals surface area contributed by atoms with Gasteiger partial charge in [-0.25, -0.2) is 19.3 Å². The predicted molar refractivity (Wildman–Crippen MR) is 117 cm³/mol. The Kier molecular flexibility index (Phi) is 5.31. The van der Waals surface area contributed by atoms with E-state index in [0.29, 0.717) is 24.9 Å². The highest BCUT2D eigenvalue weighted by molar-refractivity contribution is 5.84. The molecule has 0 aliphatic carbocycles. The van der Waals surface area contributed by atoms with Gasteiger partial charge in [-0.15, -0.1) is 0 Å². The third-order valence-corrected chi connectivity index (χ3v) is 5.52. The zero-order valence-electron chi connectivity index (χ0n) is 17.2. The van der Waals surface area contributed by atoms with Crippen molar-refractivity contribution >= 4 is 22.7 Å². The van der Waals surface area contributed by atoms with Gasteiger partial charge in [0, 0.05) is 48.6 Å². The smallest absolute Gasteiger partial charge is 0.228 e. The summed E-state index contributed by atoms with van der Waals surface area (Å²) in [4.78, 5) is 18.8. The van der Waals surface area contributed by atoms with Gasteiger partial charge in [-0.3, -0.25) is 4.90 Å². The quantitative estimate of drug-likeness (QED) is 0.508. The molecule has 8 heteroatoms. The molecule has 4 heterocycles. The lowest BCUT2D eigenvalue weighted by Gasteiger charge is -2.32. The fraction of sp³-hybridized carbons (Fsp3) is 0.261. The maximum atomic E-state index is 13.8. The van der Waals surface area contributed by atoms with E-state index in [1.807, 2.05) is 25.1 Å². The third kappa shape index (κ3) is 4.26. The van der Waals surface area contributed by atoms with Crippen LogP contribution < -0.4 is 5.32 Å². The van der Waals surface area contributed by atoms with Crippen molar-refractivity contribution in [2.45, 2.75) is 19.6 Å². The van der Waals surface area contributed by atoms with E-state index in [1.165, 1.54) is 6.07 Å². The summed E-state index contributed by atoms with van der Waals surface area (Å²) < 4.78 is 19.8. The third-order valence-electron chi connectivity index (χ3n) is 5.52. The van der Waals surface area contributed by atoms with E-state index in [2.05, 4.69) is 25.2 Å². The van der Waals surface area contributed by atoms with Gasteiger partial charge in [0.1, 0.15) is 17.7 Å². The Hall–Kier alpha value is -3.36. The molecule has 1 aliphatic rings. The number of anilines is 2. The Balaban J connectivity index is 1.33. The van der Waals surface area contributed by atoms with Crippen molar-refractivity contribution in [2.24, 2.45) is 0 Å². The summed E-state index contributed by atoms with van der Waals surface area (Å²) in [5.41, 5.74) is 4.00. The Morgan fingerprint density at radius 1 is 1.19 bits per heavy atom. The second-order valence-electron chi connectivity index (χ2n) is 7.66. The average Bonchev–Trinajstić information content (AvgIpc) is 3.09. The molecule has 4 aromatic rings. The summed E-state index contributed by atoms with van der Waals surface area (Å²) in [6.45, 7) is 4.90. The number of benzene rings is 1. The number of rotatable bonds is 5. The molecule has 2 N–H and O–H groups in total. The normalized spacial score (nSPS) is 17.2. The molecule has 0 amide bonds. The summed E-state index contributed by atoms with van der Waals surface area (Å²) in [6, 6.07) is 12.4. The molecule has 0 bridgehead atoms. The van der Waals surface area contributed by atoms with Crippen LogP contribution >= 0.6 is 0 Å². The van der Waals surface area contributed by atoms with Crippen LogP contribution in [0.4, 0.5) is 16.2 Å². The highest BCUT2D eigenvalue weighted by atomic mass is 19.1. The fourth-order valence-corrected chi connectivity index (χ4v) is 3.99. The maximum absolute atomic E-state index is 13.8. The summed E-state index contributed by atoms with van der Waals surface area (Å²) in [6.07, 6.45) is 3.22. The van der Waals surface area contributed by atoms with Crippen LogP contribution in [0.5, 0.6) is 0 Å². The van der Waals surface area contributed by atoms with E-state index < -0.39 is 0 Å². The summed E-state index contributed by atoms with van der Waals surface area (Å²) >= 11 is 0. The molecule has 1 aromatic carbocycles. The molecule has 158 valence electrons. The van der Waals surface area contributed by atoms with Crippen molar-refractivity contribution in [3.8, 4) is 0 Å². The van der Waals surface area contributed by atoms with E-state index in [0.717, 1.165) is 40.9 Å². The van der Waals surface area contributed by atoms with E-state index in [-0.39, 0.29) is 11.9 Å². The summed E-state index contributed by atoms with van der Waals surface area (Å²) in [5, 5.41) is 4.06. The molecule has 7 nitrogen and oxygen atoms in total. The maximum Gasteiger partial charge on any atom is 0.228 e. The van der Waals surface area contributed by atoms with Crippen LogP contribution in [-0.4, -0.2) is 44.5 Å². The van der Waals surface area contributed by atoms with E-state index in [1.54, 1.807) is 30.6 Å². The molecule has 3 aromatic heterocycles. The van der Waals surface area contributed by atoms with Crippen molar-refractivity contribution in [1.29, 1.82) is 0 Å². The van der Waals surface area contributed by atoms with Gasteiger partial charge in [0.2, 0.25) is 5.95 Å². The molecule has 31 heavy (non-hydrogen) atoms. The Bertz CT molecular complexity index is 1200. The van der Waals surface area contributed by atoms with Crippen LogP contribution in [0, 0.1) is 12.7 Å². The topological polar surface area (TPSA) is 79.0 Å². The first-order chi connectivity index (χ1) is 15.2. The minimum atomic E-state index is -0.219. The van der Waals surface area contributed by atoms with Gasteiger partial charge in [-0.2, -0.15) is 0 Å². The first kappa shape index (κ1) is 19.6. The lowest BCUT2D eigenvalue weighted by molar-refractivity contribution is -0.0348. The van der Waals surface area contributed by atoms with E-state index in [4.69, 9.17) is 9.72 Å². The Morgan fingerprint density at radius 2 is 2.06 bits per heavy atom. The van der Waals surface area contributed by atoms with Gasteiger partial charge in [0.25, 0.3) is 0 Å². The van der Waals surface area contributed by atoms with Gasteiger partial charge in [-0.05, 0) is 48.9 Å². The first-order valence-corrected chi connectivity index (χ1v) is 10.3. The van der Waals surface area contributed by atoms with Crippen LogP contribution in [0.15, 0.2) is 54.9 Å². The highest BCUT2D eigenvalue weighted by Gasteiger charge is 2.24. The number of fused-ring (bicyclic) bond motifs is 1. The van der Waals surface area contributed by atoms with Gasteiger partial charge >= 0.3 is 0 Å². The number of ether oxygens (including phenoxy) is 1. The number of hydrogen-bond acceptors (Lipinski definition) is 6. The zero-order valence-corrected chi connectivity index (χ0v) is 17.2. The van der Waals surface area contributed by atoms with Crippen LogP contribution in [0.25, 0.3) is 10.9 Å². The lowest BCUT2D eigenvalue weighted by Crippen LogP contribution is -2.38. The predicted octanol–water partition coefficient (Wildman–Crippen LogP) is 4.12. The Labute approximate surface area is 179 Å². The largest absolute Gasteiger partial charge is 0.369 e. The highest BCUT2D eigenvalue weighted by Crippen LogP contribution is 2.28. The molecular formula is C23H23FN6O. The number of aromatic amines is 1. The van der Waals surface area contributed by atoms with Crippen LogP contribution in [-0.2, 0) is 11.3 Å². The van der Waals surface area contributed by atoms with E-state index in [9.17, 15) is 4.39 Å². The lowest BCUT2D eigenvalue weighted by atomic mass is 10.1. The molecular weight excluding hydrogens is 395 g/mol. The number of H-pyrrole nitrogens is 1. The van der Waals surface area contributed by atoms with Gasteiger partial charge < -0.3 is 15.0 Å². The monoisotopic (exact) mass is 418 g/mol. The van der Waals surface area contributed by atoms with Crippen LogP contribution in [0.1, 0.15) is 23.1 Å². The van der Waals surface area contributed by atoms with Crippen LogP contribution in [0.2, 0.25) is 0 Å². The molecule has 1 aliphatic heterocycles. The SMILES string of the molecule is Cc1[nH]c2ccc(F)cc2c1CN1CCOC(c2cccc(Nc3ncccn3)n2)C1. The minimum Gasteiger partial charge on any atom is -0.369 e. The molecule has 1 unspecified atom stereocenters. The summed E-state index contributed by atoms with van der Waals surface area (Å²) in [7, 11) is 0. The van der Waals surface area contributed by atoms with Gasteiger partial charge in [0.05, 0.1) is 12.3 Å². The number of pyridine rings is 1. The average molecular weight is 418 g/mol. The molecule has 5 rings (SSSR count). The van der Waals surface area contributed by atoms with Gasteiger partial charge in [-0.1, -0.05) is 6.07 Å². The molecule has 1 atom stereocenters. The molecule has 0 spiro atoms. The molecule has 1 saturated heterocycles. The van der Waals surface area contributed by atoms with Crippen molar-refractivity contribution in [2.75, 3.05) is 25.0 Å². The number of aromatic nitrogens is 4. The van der Waals surface area contributed by atoms with Crippen molar-refractivity contribution in [3.05, 3.63) is 77.6 Å². The summed E-state index contributed by atoms with van der Waals surface area (Å²) in [5.74, 6) is 0.955. The van der Waals surface area contributed by atoms with Crippen molar-refractivity contribution in [3.63, 3.8) is 0 Å². The number of aryl methyl sites for hydroxylation is 1. The molecule has 1 fully saturated rings. The zero-order chi connectivity index (χ0) is 21.2. The first-order valence-electron chi connectivity index (χ1n) is 10.3. The van der Waals surface area contributed by atoms with Gasteiger partial charge in [0.15, 0.2) is 0 Å².